The molecule has 3 N–H and O–H groups in total. The van der Waals surface area contributed by atoms with Crippen molar-refractivity contribution in [3.8, 4) is 0 Å². The van der Waals surface area contributed by atoms with E-state index in [0.29, 0.717) is 18.5 Å². The molecule has 0 fully saturated rings. The topological polar surface area (TPSA) is 55.1 Å². The third kappa shape index (κ3) is 7.18. The van der Waals surface area contributed by atoms with Crippen LogP contribution in [0.25, 0.3) is 0 Å². The lowest BCUT2D eigenvalue weighted by Gasteiger charge is -2.13. The van der Waals surface area contributed by atoms with Gasteiger partial charge in [0, 0.05) is 24.6 Å². The van der Waals surface area contributed by atoms with Crippen LogP contribution in [0.1, 0.15) is 38.7 Å². The van der Waals surface area contributed by atoms with Gasteiger partial charge in [0.15, 0.2) is 0 Å². The van der Waals surface area contributed by atoms with Crippen molar-refractivity contribution in [1.29, 1.82) is 0 Å². The normalized spacial score (nSPS) is 13.8. The summed E-state index contributed by atoms with van der Waals surface area (Å²) in [5.74, 6) is -1.30. The Balaban J connectivity index is 2.29. The second-order valence-corrected chi connectivity index (χ2v) is 5.63. The van der Waals surface area contributed by atoms with Gasteiger partial charge in [0.25, 0.3) is 0 Å². The molecule has 2 atom stereocenters. The van der Waals surface area contributed by atoms with Crippen molar-refractivity contribution in [3.05, 3.63) is 35.4 Å². The van der Waals surface area contributed by atoms with Crippen LogP contribution in [-0.2, 0) is 11.2 Å². The highest BCUT2D eigenvalue weighted by Crippen LogP contribution is 2.10. The summed E-state index contributed by atoms with van der Waals surface area (Å²) in [6.07, 6.45) is 3.02. The third-order valence-corrected chi connectivity index (χ3v) is 3.38. The molecule has 0 bridgehead atoms. The maximum Gasteiger partial charge on any atom is 0.222 e. The Morgan fingerprint density at radius 3 is 2.38 bits per heavy atom. The van der Waals surface area contributed by atoms with Crippen LogP contribution in [0, 0.1) is 17.6 Å². The summed E-state index contributed by atoms with van der Waals surface area (Å²) in [4.78, 5) is 11.9. The summed E-state index contributed by atoms with van der Waals surface area (Å²) in [6.45, 7) is 4.20. The van der Waals surface area contributed by atoms with Crippen LogP contribution in [0.15, 0.2) is 18.2 Å². The molecule has 3 nitrogen and oxygen atoms in total. The average Bonchev–Trinajstić information content (AvgIpc) is 2.36. The largest absolute Gasteiger partial charge is 0.356 e. The van der Waals surface area contributed by atoms with E-state index in [2.05, 4.69) is 5.32 Å². The summed E-state index contributed by atoms with van der Waals surface area (Å²) in [7, 11) is 0. The average molecular weight is 298 g/mol. The first-order valence-corrected chi connectivity index (χ1v) is 7.36. The number of rotatable bonds is 8. The highest BCUT2D eigenvalue weighted by atomic mass is 19.1. The molecule has 0 aromatic heterocycles. The van der Waals surface area contributed by atoms with Crippen molar-refractivity contribution in [1.82, 2.24) is 5.32 Å². The molecule has 0 saturated heterocycles. The van der Waals surface area contributed by atoms with Crippen molar-refractivity contribution in [2.24, 2.45) is 11.7 Å². The fraction of sp³-hybridized carbons (Fsp3) is 0.562. The van der Waals surface area contributed by atoms with Crippen LogP contribution in [-0.4, -0.2) is 18.5 Å². The van der Waals surface area contributed by atoms with Gasteiger partial charge in [-0.1, -0.05) is 13.3 Å². The zero-order valence-electron chi connectivity index (χ0n) is 12.7. The first kappa shape index (κ1) is 17.6. The van der Waals surface area contributed by atoms with Gasteiger partial charge < -0.3 is 11.1 Å². The SMILES string of the molecule is CC(N)CCCC(C)C(=O)NCCc1cc(F)cc(F)c1. The Bertz CT molecular complexity index is 443. The van der Waals surface area contributed by atoms with Crippen LogP contribution in [0.4, 0.5) is 8.78 Å². The molecular formula is C16H24F2N2O. The zero-order chi connectivity index (χ0) is 15.8. The van der Waals surface area contributed by atoms with Gasteiger partial charge in [0.05, 0.1) is 0 Å². The molecule has 5 heteroatoms. The minimum absolute atomic E-state index is 0.0310. The molecule has 0 radical (unpaired) electrons. The Labute approximate surface area is 124 Å². The number of hydrogen-bond donors (Lipinski definition) is 2. The number of hydrogen-bond acceptors (Lipinski definition) is 2. The predicted molar refractivity (Wildman–Crippen MR) is 79.7 cm³/mol. The monoisotopic (exact) mass is 298 g/mol. The smallest absolute Gasteiger partial charge is 0.222 e. The van der Waals surface area contributed by atoms with E-state index in [0.717, 1.165) is 25.3 Å². The van der Waals surface area contributed by atoms with Crippen molar-refractivity contribution in [2.75, 3.05) is 6.54 Å². The minimum Gasteiger partial charge on any atom is -0.356 e. The quantitative estimate of drug-likeness (QED) is 0.775. The van der Waals surface area contributed by atoms with Crippen molar-refractivity contribution >= 4 is 5.91 Å². The first-order chi connectivity index (χ1) is 9.88. The summed E-state index contributed by atoms with van der Waals surface area (Å²) in [5, 5.41) is 2.79. The van der Waals surface area contributed by atoms with E-state index < -0.39 is 11.6 Å². The van der Waals surface area contributed by atoms with E-state index in [9.17, 15) is 13.6 Å². The van der Waals surface area contributed by atoms with E-state index >= 15 is 0 Å². The number of amides is 1. The summed E-state index contributed by atoms with van der Waals surface area (Å²) in [5.41, 5.74) is 6.20. The minimum atomic E-state index is -0.597. The molecule has 118 valence electrons. The van der Waals surface area contributed by atoms with E-state index in [1.807, 2.05) is 13.8 Å². The number of carbonyl (C=O) groups is 1. The fourth-order valence-electron chi connectivity index (χ4n) is 2.14. The van der Waals surface area contributed by atoms with Gasteiger partial charge in [0.1, 0.15) is 11.6 Å². The van der Waals surface area contributed by atoms with Gasteiger partial charge in [-0.2, -0.15) is 0 Å². The van der Waals surface area contributed by atoms with Gasteiger partial charge in [-0.3, -0.25) is 4.79 Å². The number of benzene rings is 1. The van der Waals surface area contributed by atoms with Crippen LogP contribution < -0.4 is 11.1 Å². The van der Waals surface area contributed by atoms with Crippen LogP contribution in [0.2, 0.25) is 0 Å². The van der Waals surface area contributed by atoms with Gasteiger partial charge in [-0.05, 0) is 43.9 Å². The van der Waals surface area contributed by atoms with E-state index in [4.69, 9.17) is 5.73 Å². The Kier molecular flexibility index (Phi) is 7.29. The van der Waals surface area contributed by atoms with Crippen LogP contribution in [0.3, 0.4) is 0 Å². The lowest BCUT2D eigenvalue weighted by molar-refractivity contribution is -0.124. The van der Waals surface area contributed by atoms with Crippen LogP contribution >= 0.6 is 0 Å². The molecule has 0 spiro atoms. The van der Waals surface area contributed by atoms with Crippen LogP contribution in [0.5, 0.6) is 0 Å². The third-order valence-electron chi connectivity index (χ3n) is 3.38. The number of halogens is 2. The zero-order valence-corrected chi connectivity index (χ0v) is 12.7. The molecule has 21 heavy (non-hydrogen) atoms. The molecule has 1 amide bonds. The summed E-state index contributed by atoms with van der Waals surface area (Å²) in [6, 6.07) is 3.55. The Hall–Kier alpha value is -1.49. The molecule has 0 heterocycles. The summed E-state index contributed by atoms with van der Waals surface area (Å²) < 4.78 is 26.0. The maximum atomic E-state index is 13.0. The van der Waals surface area contributed by atoms with Gasteiger partial charge >= 0.3 is 0 Å². The van der Waals surface area contributed by atoms with Gasteiger partial charge in [-0.15, -0.1) is 0 Å². The predicted octanol–water partition coefficient (Wildman–Crippen LogP) is 2.78. The van der Waals surface area contributed by atoms with E-state index in [1.165, 1.54) is 12.1 Å². The van der Waals surface area contributed by atoms with E-state index in [1.54, 1.807) is 0 Å². The summed E-state index contributed by atoms with van der Waals surface area (Å²) >= 11 is 0. The molecule has 1 rings (SSSR count). The van der Waals surface area contributed by atoms with Gasteiger partial charge in [-0.25, -0.2) is 8.78 Å². The fourth-order valence-corrected chi connectivity index (χ4v) is 2.14. The standard InChI is InChI=1S/C16H24F2N2O/c1-11(4-3-5-12(2)19)16(21)20-7-6-13-8-14(17)10-15(18)9-13/h8-12H,3-7,19H2,1-2H3,(H,20,21). The Morgan fingerprint density at radius 1 is 1.19 bits per heavy atom. The number of nitrogens with two attached hydrogens (primary N) is 1. The van der Waals surface area contributed by atoms with Gasteiger partial charge in [0.2, 0.25) is 5.91 Å². The molecule has 0 aliphatic rings. The molecular weight excluding hydrogens is 274 g/mol. The molecule has 1 aromatic rings. The lowest BCUT2D eigenvalue weighted by atomic mass is 10.0. The second-order valence-electron chi connectivity index (χ2n) is 5.63. The molecule has 0 aliphatic carbocycles. The van der Waals surface area contributed by atoms with Crippen molar-refractivity contribution < 1.29 is 13.6 Å². The van der Waals surface area contributed by atoms with Crippen molar-refractivity contribution in [3.63, 3.8) is 0 Å². The molecule has 1 aromatic carbocycles. The highest BCUT2D eigenvalue weighted by Gasteiger charge is 2.12. The molecule has 2 unspecified atom stereocenters. The molecule has 0 aliphatic heterocycles. The maximum absolute atomic E-state index is 13.0. The van der Waals surface area contributed by atoms with E-state index in [-0.39, 0.29) is 17.9 Å². The Morgan fingerprint density at radius 2 is 1.81 bits per heavy atom. The highest BCUT2D eigenvalue weighted by molar-refractivity contribution is 5.78. The number of nitrogens with one attached hydrogen (secondary N) is 1. The molecule has 0 saturated carbocycles. The first-order valence-electron chi connectivity index (χ1n) is 7.36. The van der Waals surface area contributed by atoms with Crippen molar-refractivity contribution in [2.45, 2.75) is 45.6 Å². The number of carbonyl (C=O) groups excluding carboxylic acids is 1. The second kappa shape index (κ2) is 8.72. The lowest BCUT2D eigenvalue weighted by Crippen LogP contribution is -2.31.